The van der Waals surface area contributed by atoms with E-state index in [0.29, 0.717) is 15.8 Å². The Balaban J connectivity index is 2.12. The molecular weight excluding hydrogens is 331 g/mol. The molecule has 1 saturated carbocycles. The number of aliphatic hydroxyl groups is 1. The van der Waals surface area contributed by atoms with Gasteiger partial charge in [0.05, 0.1) is 4.47 Å². The van der Waals surface area contributed by atoms with Gasteiger partial charge in [-0.15, -0.1) is 0 Å². The maximum Gasteiger partial charge on any atom is 0.137 e. The summed E-state index contributed by atoms with van der Waals surface area (Å²) in [6.45, 7) is 7.08. The summed E-state index contributed by atoms with van der Waals surface area (Å²) in [4.78, 5) is 0. The molecule has 1 aromatic rings. The molecule has 0 radical (unpaired) electrons. The molecule has 1 aliphatic carbocycles. The Morgan fingerprint density at radius 1 is 1.29 bits per heavy atom. The van der Waals surface area contributed by atoms with E-state index in [1.807, 2.05) is 6.07 Å². The van der Waals surface area contributed by atoms with Crippen LogP contribution in [0.25, 0.3) is 0 Å². The van der Waals surface area contributed by atoms with Crippen LogP contribution in [0.15, 0.2) is 22.7 Å². The summed E-state index contributed by atoms with van der Waals surface area (Å²) in [7, 11) is 0. The van der Waals surface area contributed by atoms with E-state index >= 15 is 0 Å². The van der Waals surface area contributed by atoms with Crippen LogP contribution in [-0.4, -0.2) is 11.7 Å². The molecule has 0 aromatic heterocycles. The van der Waals surface area contributed by atoms with Crippen LogP contribution in [0.4, 0.5) is 4.39 Å². The van der Waals surface area contributed by atoms with Gasteiger partial charge in [-0.1, -0.05) is 32.9 Å². The number of rotatable bonds is 3. The fourth-order valence-corrected chi connectivity index (χ4v) is 3.98. The lowest BCUT2D eigenvalue weighted by molar-refractivity contribution is 0.0367. The van der Waals surface area contributed by atoms with Crippen molar-refractivity contribution in [3.8, 4) is 0 Å². The van der Waals surface area contributed by atoms with Gasteiger partial charge in [-0.25, -0.2) is 4.39 Å². The number of aliphatic hydroxyl groups excluding tert-OH is 1. The fourth-order valence-electron chi connectivity index (χ4n) is 3.58. The summed E-state index contributed by atoms with van der Waals surface area (Å²) in [6, 6.07) is 5.18. The first-order valence-corrected chi connectivity index (χ1v) is 8.60. The van der Waals surface area contributed by atoms with Crippen molar-refractivity contribution < 1.29 is 9.50 Å². The van der Waals surface area contributed by atoms with Gasteiger partial charge in [0.1, 0.15) is 5.82 Å². The first-order chi connectivity index (χ1) is 9.77. The first-order valence-electron chi connectivity index (χ1n) is 7.81. The van der Waals surface area contributed by atoms with Gasteiger partial charge >= 0.3 is 0 Å². The quantitative estimate of drug-likeness (QED) is 0.774. The molecule has 3 heteroatoms. The highest BCUT2D eigenvalue weighted by Crippen LogP contribution is 2.47. The van der Waals surface area contributed by atoms with Crippen molar-refractivity contribution in [1.82, 2.24) is 0 Å². The van der Waals surface area contributed by atoms with Crippen molar-refractivity contribution in [3.05, 3.63) is 34.1 Å². The van der Waals surface area contributed by atoms with E-state index in [1.165, 1.54) is 6.07 Å². The van der Waals surface area contributed by atoms with Gasteiger partial charge in [0.2, 0.25) is 0 Å². The van der Waals surface area contributed by atoms with Crippen LogP contribution in [-0.2, 0) is 6.42 Å². The molecule has 1 aromatic carbocycles. The normalized spacial score (nSPS) is 26.9. The summed E-state index contributed by atoms with van der Waals surface area (Å²) >= 11 is 3.35. The Labute approximate surface area is 136 Å². The number of halogens is 2. The molecule has 0 spiro atoms. The lowest BCUT2D eigenvalue weighted by atomic mass is 9.62. The van der Waals surface area contributed by atoms with Crippen LogP contribution in [0.1, 0.15) is 52.0 Å². The highest BCUT2D eigenvalue weighted by atomic mass is 79.9. The first kappa shape index (κ1) is 17.0. The molecular formula is C18H26BrFO. The molecule has 0 atom stereocenters. The third-order valence-corrected chi connectivity index (χ3v) is 6.09. The summed E-state index contributed by atoms with van der Waals surface area (Å²) in [6.07, 6.45) is 5.09. The average Bonchev–Trinajstić information content (AvgIpc) is 2.43. The van der Waals surface area contributed by atoms with Crippen molar-refractivity contribution in [1.29, 1.82) is 0 Å². The molecule has 118 valence electrons. The van der Waals surface area contributed by atoms with E-state index in [2.05, 4.69) is 36.7 Å². The van der Waals surface area contributed by atoms with Crippen LogP contribution in [0.5, 0.6) is 0 Å². The molecule has 1 aliphatic rings. The van der Waals surface area contributed by atoms with E-state index in [-0.39, 0.29) is 17.8 Å². The van der Waals surface area contributed by atoms with Crippen molar-refractivity contribution in [2.75, 3.05) is 6.61 Å². The second kappa shape index (κ2) is 6.37. The summed E-state index contributed by atoms with van der Waals surface area (Å²) < 4.78 is 14.2. The largest absolute Gasteiger partial charge is 0.396 e. The number of benzene rings is 1. The SMILES string of the molecule is CC(C)(C)C1CCC(CO)(Cc2cccc(F)c2Br)CC1. The highest BCUT2D eigenvalue weighted by Gasteiger charge is 2.38. The summed E-state index contributed by atoms with van der Waals surface area (Å²) in [5, 5.41) is 9.94. The van der Waals surface area contributed by atoms with Crippen molar-refractivity contribution >= 4 is 15.9 Å². The maximum atomic E-state index is 13.7. The van der Waals surface area contributed by atoms with Crippen molar-refractivity contribution in [2.24, 2.45) is 16.7 Å². The van der Waals surface area contributed by atoms with Gasteiger partial charge in [-0.2, -0.15) is 0 Å². The Bertz CT molecular complexity index is 484. The number of hydrogen-bond acceptors (Lipinski definition) is 1. The molecule has 0 saturated heterocycles. The zero-order valence-electron chi connectivity index (χ0n) is 13.3. The third kappa shape index (κ3) is 3.87. The van der Waals surface area contributed by atoms with Gasteiger partial charge < -0.3 is 5.11 Å². The van der Waals surface area contributed by atoms with Gasteiger partial charge in [0.15, 0.2) is 0 Å². The van der Waals surface area contributed by atoms with E-state index in [0.717, 1.165) is 37.7 Å². The van der Waals surface area contributed by atoms with E-state index in [9.17, 15) is 9.50 Å². The number of hydrogen-bond donors (Lipinski definition) is 1. The van der Waals surface area contributed by atoms with E-state index < -0.39 is 0 Å². The molecule has 1 nitrogen and oxygen atoms in total. The Hall–Kier alpha value is -0.410. The lowest BCUT2D eigenvalue weighted by Crippen LogP contribution is -2.36. The topological polar surface area (TPSA) is 20.2 Å². The minimum atomic E-state index is -0.219. The standard InChI is InChI=1S/C18H26BrFO/c1-17(2,3)14-7-9-18(12-21,10-8-14)11-13-5-4-6-15(20)16(13)19/h4-6,14,21H,7-12H2,1-3H3. The Morgan fingerprint density at radius 2 is 1.90 bits per heavy atom. The monoisotopic (exact) mass is 356 g/mol. The van der Waals surface area contributed by atoms with Crippen LogP contribution in [0.3, 0.4) is 0 Å². The van der Waals surface area contributed by atoms with Crippen LogP contribution in [0.2, 0.25) is 0 Å². The predicted octanol–water partition coefficient (Wildman–Crippen LogP) is 5.35. The lowest BCUT2D eigenvalue weighted by Gasteiger charge is -2.43. The van der Waals surface area contributed by atoms with Gasteiger partial charge in [-0.3, -0.25) is 0 Å². The third-order valence-electron chi connectivity index (χ3n) is 5.20. The van der Waals surface area contributed by atoms with Crippen LogP contribution >= 0.6 is 15.9 Å². The molecule has 1 N–H and O–H groups in total. The summed E-state index contributed by atoms with van der Waals surface area (Å²) in [5.74, 6) is 0.497. The second-order valence-electron chi connectivity index (χ2n) is 7.69. The molecule has 0 aliphatic heterocycles. The zero-order valence-corrected chi connectivity index (χ0v) is 14.8. The van der Waals surface area contributed by atoms with E-state index in [1.54, 1.807) is 6.07 Å². The molecule has 0 unspecified atom stereocenters. The molecule has 21 heavy (non-hydrogen) atoms. The Morgan fingerprint density at radius 3 is 2.43 bits per heavy atom. The molecule has 0 bridgehead atoms. The molecule has 0 heterocycles. The molecule has 2 rings (SSSR count). The molecule has 1 fully saturated rings. The zero-order chi connectivity index (χ0) is 15.7. The Kier molecular flexibility index (Phi) is 5.15. The second-order valence-corrected chi connectivity index (χ2v) is 8.48. The van der Waals surface area contributed by atoms with Gasteiger partial charge in [0, 0.05) is 6.61 Å². The average molecular weight is 357 g/mol. The predicted molar refractivity (Wildman–Crippen MR) is 88.7 cm³/mol. The van der Waals surface area contributed by atoms with Crippen LogP contribution in [0, 0.1) is 22.6 Å². The van der Waals surface area contributed by atoms with Crippen molar-refractivity contribution in [2.45, 2.75) is 52.9 Å². The minimum absolute atomic E-state index is 0.0853. The summed E-state index contributed by atoms with van der Waals surface area (Å²) in [5.41, 5.74) is 1.22. The smallest absolute Gasteiger partial charge is 0.137 e. The minimum Gasteiger partial charge on any atom is -0.396 e. The van der Waals surface area contributed by atoms with Crippen LogP contribution < -0.4 is 0 Å². The molecule has 0 amide bonds. The fraction of sp³-hybridized carbons (Fsp3) is 0.667. The van der Waals surface area contributed by atoms with E-state index in [4.69, 9.17) is 0 Å². The van der Waals surface area contributed by atoms with Crippen molar-refractivity contribution in [3.63, 3.8) is 0 Å². The van der Waals surface area contributed by atoms with Gasteiger partial charge in [-0.05, 0) is 76.4 Å². The maximum absolute atomic E-state index is 13.7. The highest BCUT2D eigenvalue weighted by molar-refractivity contribution is 9.10. The van der Waals surface area contributed by atoms with Gasteiger partial charge in [0.25, 0.3) is 0 Å².